The third-order valence-electron chi connectivity index (χ3n) is 3.37. The highest BCUT2D eigenvalue weighted by Crippen LogP contribution is 2.23. The van der Waals surface area contributed by atoms with Crippen LogP contribution in [0.2, 0.25) is 0 Å². The Kier molecular flexibility index (Phi) is 5.25. The zero-order valence-corrected chi connectivity index (χ0v) is 13.0. The van der Waals surface area contributed by atoms with Crippen LogP contribution < -0.4 is 20.1 Å². The molecule has 0 fully saturated rings. The molecule has 2 rings (SSSR count). The van der Waals surface area contributed by atoms with Gasteiger partial charge in [-0.2, -0.15) is 0 Å². The first kappa shape index (κ1) is 15.7. The topological polar surface area (TPSA) is 59.6 Å². The van der Waals surface area contributed by atoms with Gasteiger partial charge in [-0.3, -0.25) is 0 Å². The van der Waals surface area contributed by atoms with Crippen molar-refractivity contribution in [2.75, 3.05) is 19.2 Å². The van der Waals surface area contributed by atoms with Crippen LogP contribution in [0.4, 0.5) is 10.5 Å². The van der Waals surface area contributed by atoms with Crippen LogP contribution in [0.25, 0.3) is 0 Å². The van der Waals surface area contributed by atoms with Crippen LogP contribution >= 0.6 is 0 Å². The summed E-state index contributed by atoms with van der Waals surface area (Å²) in [5.74, 6) is 1.37. The van der Waals surface area contributed by atoms with Gasteiger partial charge in [-0.15, -0.1) is 0 Å². The van der Waals surface area contributed by atoms with Gasteiger partial charge in [0.1, 0.15) is 11.5 Å². The van der Waals surface area contributed by atoms with E-state index in [-0.39, 0.29) is 12.8 Å². The van der Waals surface area contributed by atoms with Crippen molar-refractivity contribution in [2.45, 2.75) is 13.8 Å². The van der Waals surface area contributed by atoms with Gasteiger partial charge in [-0.05, 0) is 43.2 Å². The second-order valence-electron chi connectivity index (χ2n) is 4.82. The van der Waals surface area contributed by atoms with Crippen LogP contribution in [-0.2, 0) is 0 Å². The van der Waals surface area contributed by atoms with Crippen molar-refractivity contribution in [1.82, 2.24) is 5.32 Å². The minimum atomic E-state index is -0.352. The second-order valence-corrected chi connectivity index (χ2v) is 4.82. The molecule has 22 heavy (non-hydrogen) atoms. The highest BCUT2D eigenvalue weighted by atomic mass is 16.5. The predicted molar refractivity (Wildman–Crippen MR) is 86.6 cm³/mol. The van der Waals surface area contributed by atoms with Gasteiger partial charge in [0.2, 0.25) is 0 Å². The molecule has 0 radical (unpaired) electrons. The van der Waals surface area contributed by atoms with E-state index in [1.54, 1.807) is 19.2 Å². The second kappa shape index (κ2) is 7.36. The van der Waals surface area contributed by atoms with Gasteiger partial charge in [0.05, 0.1) is 12.8 Å². The molecular formula is C17H20N2O3. The summed E-state index contributed by atoms with van der Waals surface area (Å²) in [5, 5.41) is 5.37. The largest absolute Gasteiger partial charge is 0.495 e. The lowest BCUT2D eigenvalue weighted by Gasteiger charge is -2.13. The minimum absolute atomic E-state index is 0.0886. The van der Waals surface area contributed by atoms with Crippen LogP contribution in [-0.4, -0.2) is 19.9 Å². The van der Waals surface area contributed by atoms with E-state index < -0.39 is 0 Å². The number of aryl methyl sites for hydroxylation is 1. The van der Waals surface area contributed by atoms with Gasteiger partial charge < -0.3 is 20.1 Å². The van der Waals surface area contributed by atoms with Crippen molar-refractivity contribution in [2.24, 2.45) is 0 Å². The molecule has 5 heteroatoms. The number of urea groups is 1. The number of rotatable bonds is 5. The molecule has 116 valence electrons. The number of para-hydroxylation sites is 2. The van der Waals surface area contributed by atoms with E-state index in [1.165, 1.54) is 0 Å². The van der Waals surface area contributed by atoms with Crippen molar-refractivity contribution in [3.05, 3.63) is 53.6 Å². The van der Waals surface area contributed by atoms with E-state index in [9.17, 15) is 4.79 Å². The lowest BCUT2D eigenvalue weighted by molar-refractivity contribution is 0.234. The third kappa shape index (κ3) is 3.91. The monoisotopic (exact) mass is 300 g/mol. The molecule has 2 aromatic carbocycles. The van der Waals surface area contributed by atoms with Crippen molar-refractivity contribution in [3.63, 3.8) is 0 Å². The summed E-state index contributed by atoms with van der Waals surface area (Å²) in [6.07, 6.45) is 0. The van der Waals surface area contributed by atoms with Crippen LogP contribution in [0.3, 0.4) is 0 Å². The zero-order valence-electron chi connectivity index (χ0n) is 13.0. The van der Waals surface area contributed by atoms with E-state index in [4.69, 9.17) is 9.47 Å². The van der Waals surface area contributed by atoms with Gasteiger partial charge >= 0.3 is 6.03 Å². The summed E-state index contributed by atoms with van der Waals surface area (Å²) in [5.41, 5.74) is 2.82. The van der Waals surface area contributed by atoms with Crippen LogP contribution in [0, 0.1) is 13.8 Å². The van der Waals surface area contributed by atoms with Gasteiger partial charge in [0.25, 0.3) is 0 Å². The normalized spacial score (nSPS) is 9.95. The molecule has 0 atom stereocenters. The number of methoxy groups -OCH3 is 1. The molecule has 5 nitrogen and oxygen atoms in total. The van der Waals surface area contributed by atoms with E-state index >= 15 is 0 Å². The number of ether oxygens (including phenoxy) is 2. The van der Waals surface area contributed by atoms with Gasteiger partial charge in [0, 0.05) is 0 Å². The first-order chi connectivity index (χ1) is 10.6. The molecular weight excluding hydrogens is 280 g/mol. The molecule has 0 spiro atoms. The summed E-state index contributed by atoms with van der Waals surface area (Å²) in [4.78, 5) is 11.9. The Bertz CT molecular complexity index is 656. The third-order valence-corrected chi connectivity index (χ3v) is 3.37. The maximum absolute atomic E-state index is 11.9. The maximum Gasteiger partial charge on any atom is 0.321 e. The fraction of sp³-hybridized carbons (Fsp3) is 0.235. The summed E-state index contributed by atoms with van der Waals surface area (Å²) in [7, 11) is 1.56. The predicted octanol–water partition coefficient (Wildman–Crippen LogP) is 3.47. The molecule has 0 saturated carbocycles. The van der Waals surface area contributed by atoms with Crippen molar-refractivity contribution < 1.29 is 14.3 Å². The smallest absolute Gasteiger partial charge is 0.321 e. The number of benzene rings is 2. The summed E-state index contributed by atoms with van der Waals surface area (Å²) in [6, 6.07) is 12.7. The molecule has 0 aliphatic carbocycles. The highest BCUT2D eigenvalue weighted by Gasteiger charge is 2.07. The van der Waals surface area contributed by atoms with E-state index in [0.29, 0.717) is 11.4 Å². The summed E-state index contributed by atoms with van der Waals surface area (Å²) >= 11 is 0. The van der Waals surface area contributed by atoms with E-state index in [0.717, 1.165) is 16.9 Å². The Labute approximate surface area is 130 Å². The van der Waals surface area contributed by atoms with Gasteiger partial charge in [0.15, 0.2) is 6.73 Å². The number of amides is 2. The van der Waals surface area contributed by atoms with Gasteiger partial charge in [-0.25, -0.2) is 4.79 Å². The molecule has 0 heterocycles. The standard InChI is InChI=1S/C17H20N2O3/c1-12-7-6-10-15(13(12)2)22-11-18-17(20)19-14-8-4-5-9-16(14)21-3/h4-10H,11H2,1-3H3,(H2,18,19,20). The number of hydrogen-bond donors (Lipinski definition) is 2. The lowest BCUT2D eigenvalue weighted by Crippen LogP contribution is -2.32. The Hall–Kier alpha value is -2.69. The number of anilines is 1. The SMILES string of the molecule is COc1ccccc1NC(=O)NCOc1cccc(C)c1C. The van der Waals surface area contributed by atoms with E-state index in [1.807, 2.05) is 44.2 Å². The molecule has 2 aromatic rings. The molecule has 0 aliphatic rings. The Balaban J connectivity index is 1.87. The van der Waals surface area contributed by atoms with Crippen molar-refractivity contribution in [3.8, 4) is 11.5 Å². The average molecular weight is 300 g/mol. The Morgan fingerprint density at radius 2 is 1.77 bits per heavy atom. The molecule has 2 N–H and O–H groups in total. The average Bonchev–Trinajstić information content (AvgIpc) is 2.52. The highest BCUT2D eigenvalue weighted by molar-refractivity contribution is 5.90. The minimum Gasteiger partial charge on any atom is -0.495 e. The molecule has 2 amide bonds. The molecule has 0 unspecified atom stereocenters. The van der Waals surface area contributed by atoms with E-state index in [2.05, 4.69) is 10.6 Å². The quantitative estimate of drug-likeness (QED) is 0.831. The number of carbonyl (C=O) groups excluding carboxylic acids is 1. The van der Waals surface area contributed by atoms with Crippen LogP contribution in [0.5, 0.6) is 11.5 Å². The maximum atomic E-state index is 11.9. The van der Waals surface area contributed by atoms with Gasteiger partial charge in [-0.1, -0.05) is 24.3 Å². The fourth-order valence-corrected chi connectivity index (χ4v) is 1.97. The molecule has 0 aliphatic heterocycles. The molecule has 0 bridgehead atoms. The fourth-order valence-electron chi connectivity index (χ4n) is 1.97. The molecule has 0 saturated heterocycles. The van der Waals surface area contributed by atoms with Crippen LogP contribution in [0.15, 0.2) is 42.5 Å². The summed E-state index contributed by atoms with van der Waals surface area (Å²) in [6.45, 7) is 4.09. The Morgan fingerprint density at radius 3 is 2.55 bits per heavy atom. The van der Waals surface area contributed by atoms with Crippen molar-refractivity contribution in [1.29, 1.82) is 0 Å². The molecule has 0 aromatic heterocycles. The number of carbonyl (C=O) groups is 1. The lowest BCUT2D eigenvalue weighted by atomic mass is 10.1. The Morgan fingerprint density at radius 1 is 1.05 bits per heavy atom. The summed E-state index contributed by atoms with van der Waals surface area (Å²) < 4.78 is 10.8. The van der Waals surface area contributed by atoms with Crippen molar-refractivity contribution >= 4 is 11.7 Å². The number of hydrogen-bond acceptors (Lipinski definition) is 3. The first-order valence-electron chi connectivity index (χ1n) is 6.98. The zero-order chi connectivity index (χ0) is 15.9. The van der Waals surface area contributed by atoms with Crippen LogP contribution in [0.1, 0.15) is 11.1 Å². The number of nitrogens with one attached hydrogen (secondary N) is 2. The first-order valence-corrected chi connectivity index (χ1v) is 6.98.